The highest BCUT2D eigenvalue weighted by molar-refractivity contribution is 9.10. The Labute approximate surface area is 112 Å². The average molecular weight is 297 g/mol. The summed E-state index contributed by atoms with van der Waals surface area (Å²) in [5.41, 5.74) is 2.25. The minimum absolute atomic E-state index is 0.313. The van der Waals surface area contributed by atoms with Crippen LogP contribution < -0.4 is 0 Å². The smallest absolute Gasteiger partial charge is 0.0803 e. The quantitative estimate of drug-likeness (QED) is 0.852. The summed E-state index contributed by atoms with van der Waals surface area (Å²) in [6.07, 6.45) is 7.25. The van der Waals surface area contributed by atoms with E-state index in [0.717, 1.165) is 16.5 Å². The normalized spacial score (nSPS) is 19.2. The second kappa shape index (κ2) is 6.01. The van der Waals surface area contributed by atoms with Crippen LogP contribution in [0.4, 0.5) is 0 Å². The number of aliphatic hydroxyl groups is 1. The molecule has 2 rings (SSSR count). The fourth-order valence-corrected chi connectivity index (χ4v) is 3.32. The van der Waals surface area contributed by atoms with Gasteiger partial charge < -0.3 is 5.11 Å². The zero-order valence-corrected chi connectivity index (χ0v) is 12.0. The van der Waals surface area contributed by atoms with Crippen LogP contribution in [-0.2, 0) is 0 Å². The molecular formula is C15H21BrO. The summed E-state index contributed by atoms with van der Waals surface area (Å²) in [5.74, 6) is 0.714. The molecule has 1 aromatic rings. The van der Waals surface area contributed by atoms with Crippen LogP contribution in [0.2, 0.25) is 0 Å². The van der Waals surface area contributed by atoms with Gasteiger partial charge in [-0.05, 0) is 30.4 Å². The number of hydrogen-bond acceptors (Lipinski definition) is 1. The fraction of sp³-hybridized carbons (Fsp3) is 0.600. The molecule has 0 radical (unpaired) electrons. The second-order valence-electron chi connectivity index (χ2n) is 5.23. The first-order valence-corrected chi connectivity index (χ1v) is 7.41. The van der Waals surface area contributed by atoms with Crippen LogP contribution in [0.3, 0.4) is 0 Å². The number of hydrogen-bond donors (Lipinski definition) is 1. The summed E-state index contributed by atoms with van der Waals surface area (Å²) in [5, 5.41) is 10.3. The number of rotatable bonds is 3. The third-order valence-electron chi connectivity index (χ3n) is 3.86. The Morgan fingerprint density at radius 3 is 2.71 bits per heavy atom. The van der Waals surface area contributed by atoms with E-state index >= 15 is 0 Å². The van der Waals surface area contributed by atoms with Gasteiger partial charge in [-0.15, -0.1) is 0 Å². The van der Waals surface area contributed by atoms with Gasteiger partial charge in [0.15, 0.2) is 0 Å². The summed E-state index contributed by atoms with van der Waals surface area (Å²) in [6, 6.07) is 6.13. The van der Waals surface area contributed by atoms with Gasteiger partial charge in [0.25, 0.3) is 0 Å². The predicted octanol–water partition coefficient (Wildman–Crippen LogP) is 4.76. The van der Waals surface area contributed by atoms with Crippen molar-refractivity contribution in [2.45, 2.75) is 51.6 Å². The Kier molecular flexibility index (Phi) is 4.63. The highest BCUT2D eigenvalue weighted by Crippen LogP contribution is 2.35. The molecule has 0 aromatic heterocycles. The molecule has 0 aliphatic heterocycles. The van der Waals surface area contributed by atoms with Crippen molar-refractivity contribution in [2.75, 3.05) is 0 Å². The number of aryl methyl sites for hydroxylation is 1. The van der Waals surface area contributed by atoms with Gasteiger partial charge in [0.2, 0.25) is 0 Å². The molecule has 0 heterocycles. The van der Waals surface area contributed by atoms with Crippen molar-refractivity contribution in [2.24, 2.45) is 5.92 Å². The topological polar surface area (TPSA) is 20.2 Å². The molecule has 2 heteroatoms. The Balaban J connectivity index is 2.03. The molecule has 0 saturated heterocycles. The van der Waals surface area contributed by atoms with Gasteiger partial charge >= 0.3 is 0 Å². The van der Waals surface area contributed by atoms with Crippen molar-refractivity contribution < 1.29 is 5.11 Å². The van der Waals surface area contributed by atoms with Crippen LogP contribution in [-0.4, -0.2) is 5.11 Å². The van der Waals surface area contributed by atoms with Gasteiger partial charge in [-0.2, -0.15) is 0 Å². The Morgan fingerprint density at radius 2 is 2.00 bits per heavy atom. The molecule has 1 aliphatic carbocycles. The van der Waals surface area contributed by atoms with Gasteiger partial charge in [-0.3, -0.25) is 0 Å². The lowest BCUT2D eigenvalue weighted by Crippen LogP contribution is -2.11. The summed E-state index contributed by atoms with van der Waals surface area (Å²) < 4.78 is 1.07. The van der Waals surface area contributed by atoms with Crippen LogP contribution >= 0.6 is 15.9 Å². The van der Waals surface area contributed by atoms with E-state index in [4.69, 9.17) is 0 Å². The molecular weight excluding hydrogens is 276 g/mol. The van der Waals surface area contributed by atoms with Crippen molar-refractivity contribution in [3.63, 3.8) is 0 Å². The molecule has 0 bridgehead atoms. The molecule has 17 heavy (non-hydrogen) atoms. The fourth-order valence-electron chi connectivity index (χ4n) is 2.79. The van der Waals surface area contributed by atoms with Crippen LogP contribution in [0.5, 0.6) is 0 Å². The Hall–Kier alpha value is -0.340. The molecule has 1 nitrogen and oxygen atoms in total. The SMILES string of the molecule is Cc1cccc(C(O)CC2CCCCC2)c1Br. The number of benzene rings is 1. The largest absolute Gasteiger partial charge is 0.388 e. The maximum absolute atomic E-state index is 10.3. The van der Waals surface area contributed by atoms with Crippen LogP contribution in [0.1, 0.15) is 55.8 Å². The van der Waals surface area contributed by atoms with E-state index < -0.39 is 0 Å². The van der Waals surface area contributed by atoms with E-state index in [9.17, 15) is 5.11 Å². The minimum Gasteiger partial charge on any atom is -0.388 e. The minimum atomic E-state index is -0.313. The van der Waals surface area contributed by atoms with Crippen LogP contribution in [0.15, 0.2) is 22.7 Å². The van der Waals surface area contributed by atoms with Crippen molar-refractivity contribution in [3.05, 3.63) is 33.8 Å². The molecule has 1 saturated carbocycles. The predicted molar refractivity (Wildman–Crippen MR) is 75.0 cm³/mol. The summed E-state index contributed by atoms with van der Waals surface area (Å²) in [4.78, 5) is 0. The standard InChI is InChI=1S/C15H21BrO/c1-11-6-5-9-13(15(11)16)14(17)10-12-7-3-2-4-8-12/h5-6,9,12,14,17H,2-4,7-8,10H2,1H3. The zero-order valence-electron chi connectivity index (χ0n) is 10.5. The molecule has 1 atom stereocenters. The maximum Gasteiger partial charge on any atom is 0.0803 e. The molecule has 1 fully saturated rings. The lowest BCUT2D eigenvalue weighted by Gasteiger charge is -2.24. The lowest BCUT2D eigenvalue weighted by atomic mass is 9.84. The van der Waals surface area contributed by atoms with E-state index in [1.54, 1.807) is 0 Å². The van der Waals surface area contributed by atoms with Crippen LogP contribution in [0.25, 0.3) is 0 Å². The summed E-state index contributed by atoms with van der Waals surface area (Å²) in [6.45, 7) is 2.07. The van der Waals surface area contributed by atoms with Crippen molar-refractivity contribution in [3.8, 4) is 0 Å². The molecule has 1 unspecified atom stereocenters. The van der Waals surface area contributed by atoms with Crippen molar-refractivity contribution in [1.82, 2.24) is 0 Å². The third-order valence-corrected chi connectivity index (χ3v) is 4.95. The van der Waals surface area contributed by atoms with Crippen LogP contribution in [0, 0.1) is 12.8 Å². The maximum atomic E-state index is 10.3. The summed E-state index contributed by atoms with van der Waals surface area (Å²) >= 11 is 3.59. The molecule has 0 spiro atoms. The van der Waals surface area contributed by atoms with Crippen molar-refractivity contribution in [1.29, 1.82) is 0 Å². The van der Waals surface area contributed by atoms with Gasteiger partial charge in [-0.25, -0.2) is 0 Å². The number of halogens is 1. The Morgan fingerprint density at radius 1 is 1.29 bits per heavy atom. The molecule has 1 aliphatic rings. The first kappa shape index (κ1) is 13.1. The first-order valence-electron chi connectivity index (χ1n) is 6.61. The first-order chi connectivity index (χ1) is 8.18. The van der Waals surface area contributed by atoms with Gasteiger partial charge in [-0.1, -0.05) is 66.2 Å². The van der Waals surface area contributed by atoms with Gasteiger partial charge in [0, 0.05) is 4.47 Å². The van der Waals surface area contributed by atoms with Crippen molar-refractivity contribution >= 4 is 15.9 Å². The molecule has 1 N–H and O–H groups in total. The van der Waals surface area contributed by atoms with Gasteiger partial charge in [0.1, 0.15) is 0 Å². The monoisotopic (exact) mass is 296 g/mol. The van der Waals surface area contributed by atoms with E-state index in [2.05, 4.69) is 28.9 Å². The average Bonchev–Trinajstić information content (AvgIpc) is 2.34. The third kappa shape index (κ3) is 3.32. The summed E-state index contributed by atoms with van der Waals surface area (Å²) in [7, 11) is 0. The molecule has 1 aromatic carbocycles. The molecule has 94 valence electrons. The Bertz CT molecular complexity index is 369. The lowest BCUT2D eigenvalue weighted by molar-refractivity contribution is 0.130. The molecule has 0 amide bonds. The van der Waals surface area contributed by atoms with E-state index in [1.165, 1.54) is 37.7 Å². The van der Waals surface area contributed by atoms with E-state index in [1.807, 2.05) is 12.1 Å². The second-order valence-corrected chi connectivity index (χ2v) is 6.03. The van der Waals surface area contributed by atoms with E-state index in [0.29, 0.717) is 5.92 Å². The van der Waals surface area contributed by atoms with Gasteiger partial charge in [0.05, 0.1) is 6.10 Å². The van der Waals surface area contributed by atoms with E-state index in [-0.39, 0.29) is 6.10 Å². The highest BCUT2D eigenvalue weighted by atomic mass is 79.9. The zero-order chi connectivity index (χ0) is 12.3. The number of aliphatic hydroxyl groups excluding tert-OH is 1. The highest BCUT2D eigenvalue weighted by Gasteiger charge is 2.20.